The second-order valence-corrected chi connectivity index (χ2v) is 17.1. The number of rotatable bonds is 6. The Morgan fingerprint density at radius 3 is 1.41 bits per heavy atom. The molecule has 0 radical (unpaired) electrons. The van der Waals surface area contributed by atoms with Crippen molar-refractivity contribution < 1.29 is 0 Å². The van der Waals surface area contributed by atoms with Gasteiger partial charge in [-0.25, -0.2) is 15.0 Å². The minimum Gasteiger partial charge on any atom is -0.309 e. The Balaban J connectivity index is 0.916. The van der Waals surface area contributed by atoms with Gasteiger partial charge in [-0.1, -0.05) is 152 Å². The molecule has 5 nitrogen and oxygen atoms in total. The quantitative estimate of drug-likeness (QED) is 0.168. The summed E-state index contributed by atoms with van der Waals surface area (Å²) in [7, 11) is 0. The van der Waals surface area contributed by atoms with E-state index >= 15 is 0 Å². The van der Waals surface area contributed by atoms with Crippen LogP contribution in [0.2, 0.25) is 0 Å². The molecular weight excluding hydrogens is 787 g/mol. The smallest absolute Gasteiger partial charge is 0.164 e. The van der Waals surface area contributed by atoms with Gasteiger partial charge in [0, 0.05) is 69.8 Å². The molecule has 0 N–H and O–H groups in total. The van der Waals surface area contributed by atoms with Crippen LogP contribution >= 0.6 is 11.3 Å². The van der Waals surface area contributed by atoms with Gasteiger partial charge in [-0.3, -0.25) is 0 Å². The number of aromatic nitrogens is 5. The van der Waals surface area contributed by atoms with Gasteiger partial charge >= 0.3 is 0 Å². The monoisotopic (exact) mass is 821 g/mol. The molecule has 4 aromatic heterocycles. The number of fused-ring (bicyclic) bond motifs is 9. The molecule has 0 fully saturated rings. The van der Waals surface area contributed by atoms with Crippen molar-refractivity contribution in [3.05, 3.63) is 212 Å². The summed E-state index contributed by atoms with van der Waals surface area (Å²) in [5, 5.41) is 7.44. The Bertz CT molecular complexity index is 3850. The van der Waals surface area contributed by atoms with Gasteiger partial charge in [-0.15, -0.1) is 11.3 Å². The van der Waals surface area contributed by atoms with E-state index < -0.39 is 0 Å². The maximum absolute atomic E-state index is 5.01. The number of benzene rings is 9. The van der Waals surface area contributed by atoms with Gasteiger partial charge in [0.25, 0.3) is 0 Å². The molecule has 0 aliphatic rings. The lowest BCUT2D eigenvalue weighted by Gasteiger charge is -2.10. The molecule has 0 amide bonds. The van der Waals surface area contributed by atoms with E-state index in [1.165, 1.54) is 74.9 Å². The van der Waals surface area contributed by atoms with E-state index in [-0.39, 0.29) is 0 Å². The number of hydrogen-bond acceptors (Lipinski definition) is 4. The van der Waals surface area contributed by atoms with E-state index in [1.807, 2.05) is 72.0 Å². The lowest BCUT2D eigenvalue weighted by molar-refractivity contribution is 1.07. The zero-order chi connectivity index (χ0) is 41.4. The van der Waals surface area contributed by atoms with Crippen molar-refractivity contribution in [3.63, 3.8) is 0 Å². The van der Waals surface area contributed by atoms with E-state index in [0.717, 1.165) is 28.1 Å². The molecule has 0 aliphatic heterocycles. The predicted octanol–water partition coefficient (Wildman–Crippen LogP) is 15.1. The largest absolute Gasteiger partial charge is 0.309 e. The fourth-order valence-electron chi connectivity index (χ4n) is 9.42. The second-order valence-electron chi connectivity index (χ2n) is 16.0. The van der Waals surface area contributed by atoms with Crippen LogP contribution in [0.5, 0.6) is 0 Å². The summed E-state index contributed by atoms with van der Waals surface area (Å²) in [5.41, 5.74) is 12.3. The average Bonchev–Trinajstić information content (AvgIpc) is 4.01. The zero-order valence-corrected chi connectivity index (χ0v) is 34.7. The van der Waals surface area contributed by atoms with Crippen LogP contribution in [0.15, 0.2) is 212 Å². The van der Waals surface area contributed by atoms with Crippen molar-refractivity contribution in [2.75, 3.05) is 0 Å². The summed E-state index contributed by atoms with van der Waals surface area (Å²) >= 11 is 1.81. The third-order valence-corrected chi connectivity index (χ3v) is 13.5. The number of para-hydroxylation sites is 3. The maximum Gasteiger partial charge on any atom is 0.164 e. The first-order valence-corrected chi connectivity index (χ1v) is 22.0. The highest BCUT2D eigenvalue weighted by Gasteiger charge is 2.18. The number of nitrogens with zero attached hydrogens (tertiary/aromatic N) is 5. The molecular formula is C57H35N5S. The van der Waals surface area contributed by atoms with Crippen LogP contribution in [0.1, 0.15) is 0 Å². The summed E-state index contributed by atoms with van der Waals surface area (Å²) in [6.07, 6.45) is 0. The van der Waals surface area contributed by atoms with Crippen LogP contribution in [0.3, 0.4) is 0 Å². The molecule has 13 aromatic rings. The molecule has 0 bridgehead atoms. The van der Waals surface area contributed by atoms with Gasteiger partial charge in [-0.2, -0.15) is 0 Å². The van der Waals surface area contributed by atoms with Crippen molar-refractivity contribution in [3.8, 4) is 56.7 Å². The third kappa shape index (κ3) is 5.80. The SMILES string of the molecule is c1ccc(-c2nc(-c3ccccc3)nc(-c3ccc4c(c3)sc3cc(-n5c6ccccc6c6cc(-c7ccc8c9ccccc9n(-c9ccccc9)c8c7)ccc65)ccc34)n2)cc1. The van der Waals surface area contributed by atoms with E-state index in [4.69, 9.17) is 15.0 Å². The van der Waals surface area contributed by atoms with Gasteiger partial charge in [-0.05, 0) is 71.8 Å². The van der Waals surface area contributed by atoms with Crippen LogP contribution in [0, 0.1) is 0 Å². The summed E-state index contributed by atoms with van der Waals surface area (Å²) < 4.78 is 7.23. The molecule has 0 saturated carbocycles. The molecule has 63 heavy (non-hydrogen) atoms. The lowest BCUT2D eigenvalue weighted by Crippen LogP contribution is -1.99. The molecule has 13 rings (SSSR count). The van der Waals surface area contributed by atoms with Gasteiger partial charge < -0.3 is 9.13 Å². The van der Waals surface area contributed by atoms with Crippen molar-refractivity contribution in [2.45, 2.75) is 0 Å². The topological polar surface area (TPSA) is 48.5 Å². The predicted molar refractivity (Wildman–Crippen MR) is 263 cm³/mol. The first-order chi connectivity index (χ1) is 31.2. The Labute approximate surface area is 366 Å². The standard InChI is InChI=1S/C57H35N5S/c1-4-14-36(15-5-1)55-58-56(37-16-6-2-7-17-37)60-57(59-55)40-25-29-46-47-30-27-42(35-54(47)63-53(46)34-40)62-50-23-13-11-21-44(50)48-32-38(26-31-51(48)62)39-24-28-45-43-20-10-12-22-49(43)61(52(45)33-39)41-18-8-3-9-19-41/h1-35H. The molecule has 0 saturated heterocycles. The van der Waals surface area contributed by atoms with Crippen molar-refractivity contribution in [1.82, 2.24) is 24.1 Å². The molecule has 4 heterocycles. The minimum atomic E-state index is 0.658. The summed E-state index contributed by atoms with van der Waals surface area (Å²) in [5.74, 6) is 1.98. The molecule has 294 valence electrons. The van der Waals surface area contributed by atoms with Gasteiger partial charge in [0.05, 0.1) is 22.1 Å². The van der Waals surface area contributed by atoms with Crippen LogP contribution in [-0.2, 0) is 0 Å². The first-order valence-electron chi connectivity index (χ1n) is 21.2. The number of thiophene rings is 1. The third-order valence-electron chi connectivity index (χ3n) is 12.4. The van der Waals surface area contributed by atoms with E-state index in [1.54, 1.807) is 0 Å². The van der Waals surface area contributed by atoms with Gasteiger partial charge in [0.15, 0.2) is 17.5 Å². The van der Waals surface area contributed by atoms with E-state index in [0.29, 0.717) is 17.5 Å². The second kappa shape index (κ2) is 14.2. The highest BCUT2D eigenvalue weighted by atomic mass is 32.1. The lowest BCUT2D eigenvalue weighted by atomic mass is 10.0. The Kier molecular flexibility index (Phi) is 8.01. The Hall–Kier alpha value is -8.19. The van der Waals surface area contributed by atoms with Crippen LogP contribution in [-0.4, -0.2) is 24.1 Å². The Morgan fingerprint density at radius 1 is 0.270 bits per heavy atom. The number of hydrogen-bond donors (Lipinski definition) is 0. The van der Waals surface area contributed by atoms with E-state index in [2.05, 4.69) is 161 Å². The van der Waals surface area contributed by atoms with Crippen molar-refractivity contribution in [2.24, 2.45) is 0 Å². The fourth-order valence-corrected chi connectivity index (χ4v) is 10.6. The summed E-state index contributed by atoms with van der Waals surface area (Å²) in [6.45, 7) is 0. The molecule has 0 aliphatic carbocycles. The highest BCUT2D eigenvalue weighted by Crippen LogP contribution is 2.41. The molecule has 0 atom stereocenters. The van der Waals surface area contributed by atoms with E-state index in [9.17, 15) is 0 Å². The molecule has 6 heteroatoms. The van der Waals surface area contributed by atoms with Crippen LogP contribution < -0.4 is 0 Å². The molecule has 0 spiro atoms. The van der Waals surface area contributed by atoms with Crippen molar-refractivity contribution >= 4 is 75.1 Å². The zero-order valence-electron chi connectivity index (χ0n) is 33.9. The van der Waals surface area contributed by atoms with Gasteiger partial charge in [0.2, 0.25) is 0 Å². The van der Waals surface area contributed by atoms with Crippen LogP contribution in [0.25, 0.3) is 120 Å². The average molecular weight is 822 g/mol. The highest BCUT2D eigenvalue weighted by molar-refractivity contribution is 7.25. The van der Waals surface area contributed by atoms with Crippen LogP contribution in [0.4, 0.5) is 0 Å². The maximum atomic E-state index is 5.01. The molecule has 9 aromatic carbocycles. The summed E-state index contributed by atoms with van der Waals surface area (Å²) in [6, 6.07) is 75.8. The van der Waals surface area contributed by atoms with Gasteiger partial charge in [0.1, 0.15) is 0 Å². The summed E-state index contributed by atoms with van der Waals surface area (Å²) in [4.78, 5) is 14.9. The first kappa shape index (κ1) is 35.6. The normalized spacial score (nSPS) is 11.8. The van der Waals surface area contributed by atoms with Crippen molar-refractivity contribution in [1.29, 1.82) is 0 Å². The molecule has 0 unspecified atom stereocenters. The fraction of sp³-hybridized carbons (Fsp3) is 0. The Morgan fingerprint density at radius 2 is 0.730 bits per heavy atom. The minimum absolute atomic E-state index is 0.658.